The van der Waals surface area contributed by atoms with Gasteiger partial charge in [0.2, 0.25) is 0 Å². The van der Waals surface area contributed by atoms with Crippen LogP contribution in [0.25, 0.3) is 12.2 Å². The Bertz CT molecular complexity index is 1110. The molecule has 6 heteroatoms. The van der Waals surface area contributed by atoms with Gasteiger partial charge in [0.05, 0.1) is 11.6 Å². The van der Waals surface area contributed by atoms with Crippen molar-refractivity contribution in [3.05, 3.63) is 82.8 Å². The molecule has 1 unspecified atom stereocenters. The zero-order valence-electron chi connectivity index (χ0n) is 17.9. The summed E-state index contributed by atoms with van der Waals surface area (Å²) in [6.45, 7) is 5.63. The Balaban J connectivity index is 2.08. The zero-order chi connectivity index (χ0) is 22.8. The average Bonchev–Trinajstić information content (AvgIpc) is 2.79. The second kappa shape index (κ2) is 8.57. The molecule has 158 valence electrons. The number of carbonyl (C=O) groups excluding carboxylic acids is 2. The van der Waals surface area contributed by atoms with Gasteiger partial charge in [0.1, 0.15) is 17.1 Å². The maximum Gasteiger partial charge on any atom is 0.271 e. The van der Waals surface area contributed by atoms with Crippen molar-refractivity contribution in [3.63, 3.8) is 0 Å². The molecule has 1 saturated heterocycles. The summed E-state index contributed by atoms with van der Waals surface area (Å²) in [6, 6.07) is 13.3. The van der Waals surface area contributed by atoms with E-state index in [-0.39, 0.29) is 29.7 Å². The lowest BCUT2D eigenvalue weighted by Gasteiger charge is -2.47. The first-order valence-electron chi connectivity index (χ1n) is 9.97. The number of carbonyl (C=O) groups is 2. The fourth-order valence-corrected chi connectivity index (χ4v) is 4.04. The van der Waals surface area contributed by atoms with Crippen LogP contribution in [-0.4, -0.2) is 41.2 Å². The summed E-state index contributed by atoms with van der Waals surface area (Å²) in [5.41, 5.74) is 1.49. The molecule has 2 aromatic rings. The average molecular weight is 417 g/mol. The Kier molecular flexibility index (Phi) is 6.07. The first-order valence-corrected chi connectivity index (χ1v) is 9.97. The van der Waals surface area contributed by atoms with E-state index < -0.39 is 5.54 Å². The fourth-order valence-electron chi connectivity index (χ4n) is 4.04. The Morgan fingerprint density at radius 2 is 1.84 bits per heavy atom. The van der Waals surface area contributed by atoms with E-state index in [0.29, 0.717) is 23.1 Å². The molecular formula is C25H24FN3O2. The topological polar surface area (TPSA) is 64.4 Å². The van der Waals surface area contributed by atoms with Crippen LogP contribution in [0.4, 0.5) is 4.39 Å². The third-order valence-electron chi connectivity index (χ3n) is 5.99. The van der Waals surface area contributed by atoms with Gasteiger partial charge in [-0.15, -0.1) is 0 Å². The van der Waals surface area contributed by atoms with Gasteiger partial charge in [-0.3, -0.25) is 9.59 Å². The lowest BCUT2D eigenvalue weighted by Crippen LogP contribution is -2.65. The second-order valence-corrected chi connectivity index (χ2v) is 7.57. The normalized spacial score (nSPS) is 20.2. The van der Waals surface area contributed by atoms with Gasteiger partial charge in [-0.1, -0.05) is 43.8 Å². The van der Waals surface area contributed by atoms with Crippen LogP contribution in [0.3, 0.4) is 0 Å². The van der Waals surface area contributed by atoms with Crippen molar-refractivity contribution >= 4 is 24.0 Å². The van der Waals surface area contributed by atoms with Gasteiger partial charge < -0.3 is 9.80 Å². The van der Waals surface area contributed by atoms with Crippen molar-refractivity contribution in [2.24, 2.45) is 0 Å². The Hall–Kier alpha value is -3.72. The second-order valence-electron chi connectivity index (χ2n) is 7.57. The van der Waals surface area contributed by atoms with E-state index in [4.69, 9.17) is 0 Å². The highest BCUT2D eigenvalue weighted by Crippen LogP contribution is 2.34. The summed E-state index contributed by atoms with van der Waals surface area (Å²) in [4.78, 5) is 29.8. The lowest BCUT2D eigenvalue weighted by molar-refractivity contribution is -0.157. The quantitative estimate of drug-likeness (QED) is 0.691. The number of nitriles is 1. The molecule has 31 heavy (non-hydrogen) atoms. The van der Waals surface area contributed by atoms with E-state index >= 15 is 0 Å². The summed E-state index contributed by atoms with van der Waals surface area (Å²) < 4.78 is 13.3. The summed E-state index contributed by atoms with van der Waals surface area (Å²) in [5.74, 6) is -0.915. The molecule has 2 amide bonds. The molecule has 3 rings (SSSR count). The van der Waals surface area contributed by atoms with Gasteiger partial charge in [-0.25, -0.2) is 4.39 Å². The van der Waals surface area contributed by atoms with Crippen molar-refractivity contribution in [3.8, 4) is 6.07 Å². The molecule has 0 spiro atoms. The van der Waals surface area contributed by atoms with Gasteiger partial charge in [-0.2, -0.15) is 5.26 Å². The third kappa shape index (κ3) is 3.75. The molecule has 1 fully saturated rings. The standard InChI is InChI=1S/C25H24FN3O2/c1-5-18-8-7-9-19(16-27)21(18)14-22-23(30)29(4)25(6-2,24(31)28(22)3)15-17-10-12-20(26)13-11-17/h5,7-14H,1,6,15H2,2-4H3. The van der Waals surface area contributed by atoms with Gasteiger partial charge in [-0.05, 0) is 41.8 Å². The van der Waals surface area contributed by atoms with Crippen molar-refractivity contribution < 1.29 is 14.0 Å². The van der Waals surface area contributed by atoms with Crippen molar-refractivity contribution in [2.45, 2.75) is 25.3 Å². The van der Waals surface area contributed by atoms with E-state index in [1.807, 2.05) is 6.92 Å². The van der Waals surface area contributed by atoms with Crippen LogP contribution in [-0.2, 0) is 16.0 Å². The van der Waals surface area contributed by atoms with E-state index in [0.717, 1.165) is 5.56 Å². The molecule has 1 heterocycles. The number of piperazine rings is 1. The number of amides is 2. The molecule has 1 atom stereocenters. The number of nitrogens with zero attached hydrogens (tertiary/aromatic N) is 3. The maximum absolute atomic E-state index is 13.5. The summed E-state index contributed by atoms with van der Waals surface area (Å²) in [5, 5.41) is 9.49. The minimum Gasteiger partial charge on any atom is -0.325 e. The van der Waals surface area contributed by atoms with Crippen LogP contribution >= 0.6 is 0 Å². The van der Waals surface area contributed by atoms with Gasteiger partial charge in [0.15, 0.2) is 0 Å². The SMILES string of the molecule is C=Cc1cccc(C#N)c1C=C1C(=O)N(C)C(CC)(Cc2ccc(F)cc2)C(=O)N1C. The highest BCUT2D eigenvalue weighted by atomic mass is 19.1. The minimum atomic E-state index is -1.09. The molecule has 1 aliphatic rings. The number of benzene rings is 2. The number of rotatable bonds is 5. The van der Waals surface area contributed by atoms with Crippen LogP contribution in [0.5, 0.6) is 0 Å². The highest BCUT2D eigenvalue weighted by Gasteiger charge is 2.50. The molecule has 0 N–H and O–H groups in total. The summed E-state index contributed by atoms with van der Waals surface area (Å²) in [7, 11) is 3.18. The van der Waals surface area contributed by atoms with Gasteiger partial charge in [0.25, 0.3) is 11.8 Å². The van der Waals surface area contributed by atoms with Gasteiger partial charge in [0, 0.05) is 26.1 Å². The number of hydrogen-bond acceptors (Lipinski definition) is 3. The van der Waals surface area contributed by atoms with Crippen LogP contribution in [0.2, 0.25) is 0 Å². The van der Waals surface area contributed by atoms with E-state index in [9.17, 15) is 19.2 Å². The van der Waals surface area contributed by atoms with Crippen molar-refractivity contribution in [1.82, 2.24) is 9.80 Å². The lowest BCUT2D eigenvalue weighted by atomic mass is 9.82. The molecule has 5 nitrogen and oxygen atoms in total. The molecule has 2 aromatic carbocycles. The molecule has 0 saturated carbocycles. The minimum absolute atomic E-state index is 0.182. The number of hydrogen-bond donors (Lipinski definition) is 0. The van der Waals surface area contributed by atoms with Crippen LogP contribution in [0, 0.1) is 17.1 Å². The molecule has 1 aliphatic heterocycles. The molecule has 0 aromatic heterocycles. The summed E-state index contributed by atoms with van der Waals surface area (Å²) >= 11 is 0. The van der Waals surface area contributed by atoms with Crippen LogP contribution < -0.4 is 0 Å². The van der Waals surface area contributed by atoms with Crippen molar-refractivity contribution in [2.75, 3.05) is 14.1 Å². The fraction of sp³-hybridized carbons (Fsp3) is 0.240. The van der Waals surface area contributed by atoms with E-state index in [1.165, 1.54) is 21.9 Å². The number of halogens is 1. The predicted octanol–water partition coefficient (Wildman–Crippen LogP) is 4.00. The smallest absolute Gasteiger partial charge is 0.271 e. The predicted molar refractivity (Wildman–Crippen MR) is 118 cm³/mol. The monoisotopic (exact) mass is 417 g/mol. The third-order valence-corrected chi connectivity index (χ3v) is 5.99. The first kappa shape index (κ1) is 22.0. The maximum atomic E-state index is 13.5. The van der Waals surface area contributed by atoms with Crippen LogP contribution in [0.1, 0.15) is 35.6 Å². The molecule has 0 bridgehead atoms. The molecule has 0 aliphatic carbocycles. The zero-order valence-corrected chi connectivity index (χ0v) is 17.9. The molecule has 0 radical (unpaired) electrons. The van der Waals surface area contributed by atoms with Gasteiger partial charge >= 0.3 is 0 Å². The van der Waals surface area contributed by atoms with Crippen molar-refractivity contribution in [1.29, 1.82) is 5.26 Å². The molecular weight excluding hydrogens is 393 g/mol. The Morgan fingerprint density at radius 1 is 1.16 bits per heavy atom. The Labute approximate surface area is 181 Å². The first-order chi connectivity index (χ1) is 14.8. The Morgan fingerprint density at radius 3 is 2.42 bits per heavy atom. The number of likely N-dealkylation sites (N-methyl/N-ethyl adjacent to an activating group) is 2. The summed E-state index contributed by atoms with van der Waals surface area (Å²) in [6.07, 6.45) is 3.85. The largest absolute Gasteiger partial charge is 0.325 e. The highest BCUT2D eigenvalue weighted by molar-refractivity contribution is 6.09. The van der Waals surface area contributed by atoms with Crippen LogP contribution in [0.15, 0.2) is 54.7 Å². The van der Waals surface area contributed by atoms with E-state index in [2.05, 4.69) is 12.6 Å². The van der Waals surface area contributed by atoms with E-state index in [1.54, 1.807) is 56.6 Å².